The Hall–Kier alpha value is -0.580. The normalized spacial score (nSPS) is 12.9. The van der Waals surface area contributed by atoms with E-state index in [-0.39, 0.29) is 16.8 Å². The molecule has 0 aliphatic heterocycles. The minimum absolute atomic E-state index is 0.0463. The van der Waals surface area contributed by atoms with Crippen molar-refractivity contribution in [2.45, 2.75) is 32.4 Å². The lowest BCUT2D eigenvalue weighted by atomic mass is 10.0. The Labute approximate surface area is 109 Å². The molecule has 0 aliphatic carbocycles. The zero-order valence-electron chi connectivity index (χ0n) is 9.22. The number of alkyl halides is 2. The molecule has 0 aliphatic rings. The fourth-order valence-electron chi connectivity index (χ4n) is 1.41. The third-order valence-corrected chi connectivity index (χ3v) is 2.80. The molecule has 1 rings (SSSR count). The molecule has 0 aromatic heterocycles. The van der Waals surface area contributed by atoms with Crippen LogP contribution >= 0.6 is 23.2 Å². The summed E-state index contributed by atoms with van der Waals surface area (Å²) in [5.41, 5.74) is 6.27. The summed E-state index contributed by atoms with van der Waals surface area (Å²) in [6, 6.07) is 2.76. The van der Waals surface area contributed by atoms with Crippen LogP contribution in [0.5, 0.6) is 5.75 Å². The van der Waals surface area contributed by atoms with Crippen molar-refractivity contribution in [2.75, 3.05) is 0 Å². The lowest BCUT2D eigenvalue weighted by Crippen LogP contribution is -2.22. The molecule has 0 fully saturated rings. The summed E-state index contributed by atoms with van der Waals surface area (Å²) in [6.07, 6.45) is 1.11. The first-order valence-corrected chi connectivity index (χ1v) is 5.88. The number of hydrogen-bond donors (Lipinski definition) is 1. The van der Waals surface area contributed by atoms with E-state index in [1.165, 1.54) is 6.07 Å². The van der Waals surface area contributed by atoms with Gasteiger partial charge in [-0.1, -0.05) is 30.1 Å². The fourth-order valence-corrected chi connectivity index (χ4v) is 1.99. The molecule has 1 aromatic rings. The molecule has 2 nitrogen and oxygen atoms in total. The first kappa shape index (κ1) is 14.5. The number of nitrogens with two attached hydrogens (primary N) is 1. The number of benzene rings is 1. The predicted octanol–water partition coefficient (Wildman–Crippen LogP) is 3.87. The van der Waals surface area contributed by atoms with Gasteiger partial charge in [-0.2, -0.15) is 8.78 Å². The second kappa shape index (κ2) is 6.38. The molecule has 1 atom stereocenters. The quantitative estimate of drug-likeness (QED) is 0.890. The summed E-state index contributed by atoms with van der Waals surface area (Å²) in [6.45, 7) is -1.02. The number of ether oxygens (including phenoxy) is 1. The molecular formula is C11H13Cl2F2NO. The zero-order chi connectivity index (χ0) is 13.0. The van der Waals surface area contributed by atoms with Crippen molar-refractivity contribution >= 4 is 23.2 Å². The molecule has 0 saturated heterocycles. The minimum atomic E-state index is -2.93. The zero-order valence-corrected chi connectivity index (χ0v) is 10.7. The second-order valence-electron chi connectivity index (χ2n) is 3.63. The van der Waals surface area contributed by atoms with E-state index in [1.807, 2.05) is 6.92 Å². The van der Waals surface area contributed by atoms with Crippen LogP contribution in [0.4, 0.5) is 8.78 Å². The number of halogens is 4. The average molecular weight is 284 g/mol. The van der Waals surface area contributed by atoms with E-state index in [4.69, 9.17) is 28.9 Å². The van der Waals surface area contributed by atoms with Crippen molar-refractivity contribution in [3.8, 4) is 5.75 Å². The summed E-state index contributed by atoms with van der Waals surface area (Å²) in [5, 5.41) is 0.436. The van der Waals surface area contributed by atoms with Gasteiger partial charge in [0, 0.05) is 11.1 Å². The Morgan fingerprint density at radius 1 is 1.35 bits per heavy atom. The number of rotatable bonds is 5. The molecule has 0 radical (unpaired) electrons. The maximum Gasteiger partial charge on any atom is 0.387 e. The van der Waals surface area contributed by atoms with Crippen LogP contribution in [0.1, 0.15) is 18.9 Å². The Bertz CT molecular complexity index is 388. The van der Waals surface area contributed by atoms with Gasteiger partial charge in [-0.15, -0.1) is 0 Å². The molecule has 17 heavy (non-hydrogen) atoms. The second-order valence-corrected chi connectivity index (χ2v) is 4.47. The van der Waals surface area contributed by atoms with Crippen molar-refractivity contribution in [3.05, 3.63) is 27.7 Å². The predicted molar refractivity (Wildman–Crippen MR) is 65.1 cm³/mol. The molecular weight excluding hydrogens is 271 g/mol. The molecule has 0 heterocycles. The van der Waals surface area contributed by atoms with Crippen LogP contribution in [-0.2, 0) is 6.42 Å². The van der Waals surface area contributed by atoms with E-state index >= 15 is 0 Å². The summed E-state index contributed by atoms with van der Waals surface area (Å²) in [5.74, 6) is -0.0463. The van der Waals surface area contributed by atoms with E-state index < -0.39 is 6.61 Å². The third kappa shape index (κ3) is 4.30. The monoisotopic (exact) mass is 283 g/mol. The molecule has 0 saturated carbocycles. The minimum Gasteiger partial charge on any atom is -0.433 e. The lowest BCUT2D eigenvalue weighted by Gasteiger charge is -2.15. The van der Waals surface area contributed by atoms with Crippen LogP contribution in [-0.4, -0.2) is 12.7 Å². The third-order valence-electron chi connectivity index (χ3n) is 2.30. The largest absolute Gasteiger partial charge is 0.433 e. The van der Waals surface area contributed by atoms with Crippen LogP contribution in [0.25, 0.3) is 0 Å². The van der Waals surface area contributed by atoms with Gasteiger partial charge in [-0.3, -0.25) is 0 Å². The highest BCUT2D eigenvalue weighted by molar-refractivity contribution is 6.35. The Morgan fingerprint density at radius 3 is 2.53 bits per heavy atom. The van der Waals surface area contributed by atoms with E-state index in [1.54, 1.807) is 6.07 Å². The standard InChI is InChI=1S/C11H13Cl2F2NO/c1-2-8(16)4-6-3-7(12)5-9(13)10(6)17-11(14)15/h3,5,8,11H,2,4,16H2,1H3. The highest BCUT2D eigenvalue weighted by Crippen LogP contribution is 2.34. The van der Waals surface area contributed by atoms with Crippen LogP contribution < -0.4 is 10.5 Å². The molecule has 0 bridgehead atoms. The van der Waals surface area contributed by atoms with Crippen LogP contribution in [0.2, 0.25) is 10.0 Å². The van der Waals surface area contributed by atoms with Crippen molar-refractivity contribution in [3.63, 3.8) is 0 Å². The highest BCUT2D eigenvalue weighted by atomic mass is 35.5. The molecule has 0 spiro atoms. The lowest BCUT2D eigenvalue weighted by molar-refractivity contribution is -0.0504. The Kier molecular flexibility index (Phi) is 5.43. The van der Waals surface area contributed by atoms with Gasteiger partial charge in [0.1, 0.15) is 5.75 Å². The van der Waals surface area contributed by atoms with Crippen LogP contribution in [0.3, 0.4) is 0 Å². The van der Waals surface area contributed by atoms with E-state index in [0.717, 1.165) is 6.42 Å². The first-order chi connectivity index (χ1) is 7.93. The van der Waals surface area contributed by atoms with Crippen molar-refractivity contribution < 1.29 is 13.5 Å². The highest BCUT2D eigenvalue weighted by Gasteiger charge is 2.16. The van der Waals surface area contributed by atoms with Gasteiger partial charge in [0.15, 0.2) is 0 Å². The molecule has 1 unspecified atom stereocenters. The fraction of sp³-hybridized carbons (Fsp3) is 0.455. The Balaban J connectivity index is 3.06. The smallest absolute Gasteiger partial charge is 0.387 e. The summed E-state index contributed by atoms with van der Waals surface area (Å²) in [7, 11) is 0. The maximum atomic E-state index is 12.3. The molecule has 0 amide bonds. The maximum absolute atomic E-state index is 12.3. The van der Waals surface area contributed by atoms with Gasteiger partial charge < -0.3 is 10.5 Å². The van der Waals surface area contributed by atoms with Gasteiger partial charge in [0.05, 0.1) is 5.02 Å². The van der Waals surface area contributed by atoms with Gasteiger partial charge >= 0.3 is 6.61 Å². The Morgan fingerprint density at radius 2 is 2.00 bits per heavy atom. The summed E-state index contributed by atoms with van der Waals surface area (Å²) < 4.78 is 28.9. The first-order valence-electron chi connectivity index (χ1n) is 5.12. The topological polar surface area (TPSA) is 35.2 Å². The van der Waals surface area contributed by atoms with Gasteiger partial charge in [0.2, 0.25) is 0 Å². The average Bonchev–Trinajstić information content (AvgIpc) is 2.22. The van der Waals surface area contributed by atoms with Gasteiger partial charge in [0.25, 0.3) is 0 Å². The van der Waals surface area contributed by atoms with Crippen molar-refractivity contribution in [1.29, 1.82) is 0 Å². The molecule has 6 heteroatoms. The summed E-state index contributed by atoms with van der Waals surface area (Å²) >= 11 is 11.6. The van der Waals surface area contributed by atoms with Gasteiger partial charge in [-0.25, -0.2) is 0 Å². The molecule has 2 N–H and O–H groups in total. The van der Waals surface area contributed by atoms with E-state index in [9.17, 15) is 8.78 Å². The van der Waals surface area contributed by atoms with Crippen LogP contribution in [0.15, 0.2) is 12.1 Å². The van der Waals surface area contributed by atoms with Crippen molar-refractivity contribution in [1.82, 2.24) is 0 Å². The van der Waals surface area contributed by atoms with E-state index in [2.05, 4.69) is 4.74 Å². The molecule has 1 aromatic carbocycles. The van der Waals surface area contributed by atoms with Gasteiger partial charge in [-0.05, 0) is 30.5 Å². The molecule has 96 valence electrons. The SMILES string of the molecule is CCC(N)Cc1cc(Cl)cc(Cl)c1OC(F)F. The van der Waals surface area contributed by atoms with Crippen molar-refractivity contribution in [2.24, 2.45) is 5.73 Å². The van der Waals surface area contributed by atoms with Crippen LogP contribution in [0, 0.1) is 0 Å². The summed E-state index contributed by atoms with van der Waals surface area (Å²) in [4.78, 5) is 0. The van der Waals surface area contributed by atoms with E-state index in [0.29, 0.717) is 17.0 Å². The number of hydrogen-bond acceptors (Lipinski definition) is 2.